The van der Waals surface area contributed by atoms with Crippen molar-refractivity contribution in [1.82, 2.24) is 15.0 Å². The Bertz CT molecular complexity index is 1400. The lowest BCUT2D eigenvalue weighted by molar-refractivity contribution is -0.121. The summed E-state index contributed by atoms with van der Waals surface area (Å²) in [6.07, 6.45) is 10.6. The molecule has 0 N–H and O–H groups in total. The molecule has 0 fully saturated rings. The normalized spacial score (nSPS) is 10.8. The van der Waals surface area contributed by atoms with Gasteiger partial charge in [0.15, 0.2) is 0 Å². The van der Waals surface area contributed by atoms with Gasteiger partial charge >= 0.3 is 0 Å². The number of aromatic nitrogens is 3. The zero-order valence-corrected chi connectivity index (χ0v) is 23.7. The molecule has 4 rings (SSSR count). The van der Waals surface area contributed by atoms with E-state index in [1.54, 1.807) is 41.8 Å². The monoisotopic (exact) mass is 558 g/mol. The fraction of sp³-hybridized carbons (Fsp3) is 0.323. The van der Waals surface area contributed by atoms with E-state index in [9.17, 15) is 9.59 Å². The third-order valence-corrected chi connectivity index (χ3v) is 7.63. The first kappa shape index (κ1) is 28.9. The number of pyridine rings is 3. The van der Waals surface area contributed by atoms with Gasteiger partial charge in [0.05, 0.1) is 27.8 Å². The highest BCUT2D eigenvalue weighted by atomic mass is 32.1. The van der Waals surface area contributed by atoms with E-state index in [0.717, 1.165) is 23.5 Å². The third-order valence-electron chi connectivity index (χ3n) is 6.43. The molecule has 0 saturated heterocycles. The molecule has 40 heavy (non-hydrogen) atoms. The Morgan fingerprint density at radius 3 is 1.98 bits per heavy atom. The fourth-order valence-corrected chi connectivity index (χ4v) is 5.44. The van der Waals surface area contributed by atoms with Gasteiger partial charge in [0.1, 0.15) is 11.5 Å². The highest BCUT2D eigenvalue weighted by Crippen LogP contribution is 2.36. The third kappa shape index (κ3) is 7.72. The van der Waals surface area contributed by atoms with Gasteiger partial charge in [-0.05, 0) is 48.7 Å². The quantitative estimate of drug-likeness (QED) is 0.105. The van der Waals surface area contributed by atoms with Gasteiger partial charge in [-0.15, -0.1) is 11.3 Å². The Hall–Kier alpha value is -4.11. The van der Waals surface area contributed by atoms with Gasteiger partial charge in [-0.3, -0.25) is 19.6 Å². The van der Waals surface area contributed by atoms with Crippen LogP contribution in [-0.4, -0.2) is 41.0 Å². The van der Waals surface area contributed by atoms with Crippen molar-refractivity contribution in [2.75, 3.05) is 18.0 Å². The van der Waals surface area contributed by atoms with Gasteiger partial charge in [0, 0.05) is 48.6 Å². The van der Waals surface area contributed by atoms with E-state index < -0.39 is 0 Å². The minimum atomic E-state index is 0.305. The maximum Gasteiger partial charge on any atom is 0.298 e. The standard InChI is InChI=1S/C31H34N4O4S/c1-3-5-7-15-35(16-8-6-4-2)31-10-9-30(40-31)23-11-13-32-26(17-23)28-19-25(39-22-37)20-29(34-28)27-18-24(38-21-36)12-14-33-27/h9-14,17-22H,3-8,15-16H2,1-2H3. The van der Waals surface area contributed by atoms with Crippen molar-refractivity contribution < 1.29 is 19.1 Å². The van der Waals surface area contributed by atoms with Gasteiger partial charge in [-0.1, -0.05) is 39.5 Å². The Balaban J connectivity index is 1.64. The van der Waals surface area contributed by atoms with Crippen LogP contribution in [0.4, 0.5) is 5.00 Å². The van der Waals surface area contributed by atoms with Gasteiger partial charge in [-0.2, -0.15) is 0 Å². The molecule has 0 aliphatic carbocycles. The van der Waals surface area contributed by atoms with Crippen LogP contribution in [0.1, 0.15) is 52.4 Å². The Morgan fingerprint density at radius 1 is 0.725 bits per heavy atom. The molecule has 4 aromatic rings. The van der Waals surface area contributed by atoms with Gasteiger partial charge in [0.2, 0.25) is 0 Å². The van der Waals surface area contributed by atoms with Crippen molar-refractivity contribution in [3.8, 4) is 44.7 Å². The van der Waals surface area contributed by atoms with Crippen LogP contribution in [0.3, 0.4) is 0 Å². The number of ether oxygens (including phenoxy) is 2. The first-order valence-corrected chi connectivity index (χ1v) is 14.5. The van der Waals surface area contributed by atoms with Crippen molar-refractivity contribution in [1.29, 1.82) is 0 Å². The molecule has 0 amide bonds. The smallest absolute Gasteiger partial charge is 0.298 e. The number of anilines is 1. The average Bonchev–Trinajstić information content (AvgIpc) is 3.47. The number of nitrogens with zero attached hydrogens (tertiary/aromatic N) is 4. The summed E-state index contributed by atoms with van der Waals surface area (Å²) in [5, 5.41) is 1.28. The van der Waals surface area contributed by atoms with Crippen molar-refractivity contribution in [3.05, 3.63) is 60.9 Å². The number of carbonyl (C=O) groups excluding carboxylic acids is 2. The molecular formula is C31H34N4O4S. The molecule has 4 aromatic heterocycles. The van der Waals surface area contributed by atoms with Crippen LogP contribution in [0, 0.1) is 0 Å². The van der Waals surface area contributed by atoms with E-state index >= 15 is 0 Å². The van der Waals surface area contributed by atoms with Crippen LogP contribution >= 0.6 is 11.3 Å². The predicted octanol–water partition coefficient (Wildman–Crippen LogP) is 7.19. The topological polar surface area (TPSA) is 94.5 Å². The number of rotatable bonds is 16. The summed E-state index contributed by atoms with van der Waals surface area (Å²) < 4.78 is 10.1. The average molecular weight is 559 g/mol. The lowest BCUT2D eigenvalue weighted by Crippen LogP contribution is -2.24. The maximum atomic E-state index is 11.1. The largest absolute Gasteiger partial charge is 0.429 e. The molecule has 0 spiro atoms. The van der Waals surface area contributed by atoms with E-state index in [2.05, 4.69) is 40.8 Å². The van der Waals surface area contributed by atoms with Crippen molar-refractivity contribution >= 4 is 29.3 Å². The summed E-state index contributed by atoms with van der Waals surface area (Å²) in [6.45, 7) is 7.34. The van der Waals surface area contributed by atoms with E-state index in [1.807, 2.05) is 12.1 Å². The second-order valence-corrected chi connectivity index (χ2v) is 10.4. The van der Waals surface area contributed by atoms with Crippen LogP contribution in [0.5, 0.6) is 11.5 Å². The molecule has 208 valence electrons. The maximum absolute atomic E-state index is 11.1. The Kier molecular flexibility index (Phi) is 10.7. The molecule has 0 aromatic carbocycles. The SMILES string of the molecule is CCCCCN(CCCCC)c1ccc(-c2ccnc(-c3cc(OC=O)cc(-c4cc(OC=O)ccn4)n3)c2)s1. The highest BCUT2D eigenvalue weighted by Gasteiger charge is 2.14. The number of hydrogen-bond acceptors (Lipinski definition) is 9. The van der Waals surface area contributed by atoms with Crippen LogP contribution in [-0.2, 0) is 9.59 Å². The van der Waals surface area contributed by atoms with Crippen molar-refractivity contribution in [2.45, 2.75) is 52.4 Å². The molecular weight excluding hydrogens is 524 g/mol. The van der Waals surface area contributed by atoms with Crippen LogP contribution in [0.15, 0.2) is 60.9 Å². The highest BCUT2D eigenvalue weighted by molar-refractivity contribution is 7.19. The molecule has 0 unspecified atom stereocenters. The number of unbranched alkanes of at least 4 members (excludes halogenated alkanes) is 4. The second-order valence-electron chi connectivity index (χ2n) is 9.35. The van der Waals surface area contributed by atoms with E-state index in [4.69, 9.17) is 14.5 Å². The van der Waals surface area contributed by atoms with E-state index in [-0.39, 0.29) is 0 Å². The number of hydrogen-bond donors (Lipinski definition) is 0. The molecule has 0 saturated carbocycles. The number of carbonyl (C=O) groups is 2. The zero-order chi connectivity index (χ0) is 28.2. The van der Waals surface area contributed by atoms with E-state index in [1.165, 1.54) is 49.7 Å². The lowest BCUT2D eigenvalue weighted by Gasteiger charge is -2.23. The molecule has 0 aliphatic heterocycles. The van der Waals surface area contributed by atoms with Crippen molar-refractivity contribution in [3.63, 3.8) is 0 Å². The summed E-state index contributed by atoms with van der Waals surface area (Å²) in [7, 11) is 0. The van der Waals surface area contributed by atoms with Gasteiger partial charge < -0.3 is 14.4 Å². The summed E-state index contributed by atoms with van der Waals surface area (Å²) >= 11 is 1.79. The Morgan fingerprint density at radius 2 is 1.32 bits per heavy atom. The fourth-order valence-electron chi connectivity index (χ4n) is 4.39. The molecule has 0 bridgehead atoms. The van der Waals surface area contributed by atoms with Crippen molar-refractivity contribution in [2.24, 2.45) is 0 Å². The molecule has 0 atom stereocenters. The summed E-state index contributed by atoms with van der Waals surface area (Å²) in [4.78, 5) is 39.2. The van der Waals surface area contributed by atoms with Crippen LogP contribution in [0.25, 0.3) is 33.2 Å². The summed E-state index contributed by atoms with van der Waals surface area (Å²) in [6, 6.07) is 14.8. The zero-order valence-electron chi connectivity index (χ0n) is 22.9. The van der Waals surface area contributed by atoms with Gasteiger partial charge in [-0.25, -0.2) is 4.98 Å². The predicted molar refractivity (Wildman–Crippen MR) is 159 cm³/mol. The lowest BCUT2D eigenvalue weighted by atomic mass is 10.1. The minimum absolute atomic E-state index is 0.305. The minimum Gasteiger partial charge on any atom is -0.429 e. The number of thiophene rings is 1. The molecule has 0 aliphatic rings. The second kappa shape index (κ2) is 14.9. The molecule has 4 heterocycles. The molecule has 8 nitrogen and oxygen atoms in total. The molecule has 9 heteroatoms. The summed E-state index contributed by atoms with van der Waals surface area (Å²) in [5.74, 6) is 0.635. The van der Waals surface area contributed by atoms with E-state index in [0.29, 0.717) is 47.2 Å². The first-order valence-electron chi connectivity index (χ1n) is 13.7. The molecule has 0 radical (unpaired) electrons. The summed E-state index contributed by atoms with van der Waals surface area (Å²) in [5.41, 5.74) is 3.10. The first-order chi connectivity index (χ1) is 19.6. The van der Waals surface area contributed by atoms with Crippen LogP contribution in [0.2, 0.25) is 0 Å². The van der Waals surface area contributed by atoms with Gasteiger partial charge in [0.25, 0.3) is 12.9 Å². The van der Waals surface area contributed by atoms with Crippen LogP contribution < -0.4 is 14.4 Å². The Labute approximate surface area is 239 Å².